The Bertz CT molecular complexity index is 1140. The van der Waals surface area contributed by atoms with Crippen molar-refractivity contribution in [1.82, 2.24) is 4.57 Å². The van der Waals surface area contributed by atoms with Gasteiger partial charge in [0.05, 0.1) is 24.8 Å². The van der Waals surface area contributed by atoms with Crippen LogP contribution in [0, 0.1) is 5.82 Å². The molecule has 2 aromatic carbocycles. The molecule has 0 saturated carbocycles. The van der Waals surface area contributed by atoms with Crippen LogP contribution in [0.1, 0.15) is 22.8 Å². The number of amides is 1. The number of halogens is 1. The van der Waals surface area contributed by atoms with Crippen molar-refractivity contribution in [2.75, 3.05) is 19.1 Å². The number of fused-ring (bicyclic) bond motifs is 1. The standard InChI is InChI=1S/C21H19FN2O4S/c1-23-20-19(29-21(23)26)16(15-10-14(27-2)8-9-17(15)28-3)11-18(25)24(20)13-6-4-12(22)5-7-13/h4-10,16H,11H2,1-3H3/t16-/m0/s1. The van der Waals surface area contributed by atoms with Crippen molar-refractivity contribution < 1.29 is 18.7 Å². The van der Waals surface area contributed by atoms with Crippen LogP contribution in [0.15, 0.2) is 47.3 Å². The summed E-state index contributed by atoms with van der Waals surface area (Å²) in [6.45, 7) is 0. The molecule has 3 aromatic rings. The highest BCUT2D eigenvalue weighted by molar-refractivity contribution is 7.10. The molecule has 0 N–H and O–H groups in total. The second-order valence-corrected chi connectivity index (χ2v) is 7.68. The van der Waals surface area contributed by atoms with Crippen LogP contribution in [-0.4, -0.2) is 24.7 Å². The van der Waals surface area contributed by atoms with E-state index in [0.717, 1.165) is 21.8 Å². The molecule has 1 atom stereocenters. The molecule has 0 aliphatic carbocycles. The summed E-state index contributed by atoms with van der Waals surface area (Å²) in [5, 5.41) is 0. The van der Waals surface area contributed by atoms with Gasteiger partial charge in [-0.1, -0.05) is 11.3 Å². The van der Waals surface area contributed by atoms with Gasteiger partial charge in [-0.15, -0.1) is 0 Å². The number of aromatic nitrogens is 1. The third-order valence-electron chi connectivity index (χ3n) is 5.06. The van der Waals surface area contributed by atoms with E-state index in [1.54, 1.807) is 33.4 Å². The van der Waals surface area contributed by atoms with E-state index in [1.165, 1.54) is 33.7 Å². The molecule has 29 heavy (non-hydrogen) atoms. The first-order valence-corrected chi connectivity index (χ1v) is 9.76. The predicted octanol–water partition coefficient (Wildman–Crippen LogP) is 3.80. The number of anilines is 2. The maximum atomic E-state index is 13.4. The number of methoxy groups -OCH3 is 2. The Hall–Kier alpha value is -3.13. The summed E-state index contributed by atoms with van der Waals surface area (Å²) < 4.78 is 25.7. The quantitative estimate of drug-likeness (QED) is 0.652. The van der Waals surface area contributed by atoms with E-state index in [4.69, 9.17) is 9.47 Å². The molecular weight excluding hydrogens is 395 g/mol. The van der Waals surface area contributed by atoms with Crippen molar-refractivity contribution in [3.05, 3.63) is 68.4 Å². The lowest BCUT2D eigenvalue weighted by Crippen LogP contribution is -2.34. The molecule has 0 spiro atoms. The molecule has 1 aliphatic rings. The summed E-state index contributed by atoms with van der Waals surface area (Å²) in [6.07, 6.45) is 0.147. The fourth-order valence-electron chi connectivity index (χ4n) is 3.64. The summed E-state index contributed by atoms with van der Waals surface area (Å²) in [6, 6.07) is 11.1. The Labute approximate surface area is 170 Å². The van der Waals surface area contributed by atoms with E-state index in [-0.39, 0.29) is 23.1 Å². The SMILES string of the molecule is COc1ccc(OC)c([C@@H]2CC(=O)N(c3ccc(F)cc3)c3c2sc(=O)n3C)c1. The first-order valence-electron chi connectivity index (χ1n) is 8.94. The van der Waals surface area contributed by atoms with Gasteiger partial charge in [-0.2, -0.15) is 0 Å². The van der Waals surface area contributed by atoms with Gasteiger partial charge >= 0.3 is 4.87 Å². The van der Waals surface area contributed by atoms with Crippen molar-refractivity contribution in [1.29, 1.82) is 0 Å². The monoisotopic (exact) mass is 414 g/mol. The fraction of sp³-hybridized carbons (Fsp3) is 0.238. The van der Waals surface area contributed by atoms with Gasteiger partial charge in [-0.05, 0) is 42.5 Å². The summed E-state index contributed by atoms with van der Waals surface area (Å²) in [7, 11) is 4.77. The number of ether oxygens (including phenoxy) is 2. The lowest BCUT2D eigenvalue weighted by molar-refractivity contribution is -0.118. The van der Waals surface area contributed by atoms with Gasteiger partial charge in [0.1, 0.15) is 23.1 Å². The first kappa shape index (κ1) is 19.2. The lowest BCUT2D eigenvalue weighted by Gasteiger charge is -2.32. The van der Waals surface area contributed by atoms with Crippen LogP contribution in [0.2, 0.25) is 0 Å². The molecule has 0 fully saturated rings. The zero-order chi connectivity index (χ0) is 20.7. The molecule has 1 aromatic heterocycles. The van der Waals surface area contributed by atoms with Gasteiger partial charge in [0.2, 0.25) is 5.91 Å². The van der Waals surface area contributed by atoms with Crippen LogP contribution in [0.25, 0.3) is 0 Å². The number of thiazole rings is 1. The molecule has 2 heterocycles. The van der Waals surface area contributed by atoms with Crippen LogP contribution >= 0.6 is 11.3 Å². The second-order valence-electron chi connectivity index (χ2n) is 6.69. The number of rotatable bonds is 4. The van der Waals surface area contributed by atoms with Crippen LogP contribution in [0.5, 0.6) is 11.5 Å². The van der Waals surface area contributed by atoms with Crippen LogP contribution < -0.4 is 19.2 Å². The van der Waals surface area contributed by atoms with Gasteiger partial charge in [-0.3, -0.25) is 19.1 Å². The molecule has 4 rings (SSSR count). The van der Waals surface area contributed by atoms with Crippen LogP contribution in [0.4, 0.5) is 15.9 Å². The van der Waals surface area contributed by atoms with Gasteiger partial charge < -0.3 is 9.47 Å². The van der Waals surface area contributed by atoms with Gasteiger partial charge in [0.25, 0.3) is 0 Å². The molecule has 0 saturated heterocycles. The molecule has 0 bridgehead atoms. The molecule has 6 nitrogen and oxygen atoms in total. The van der Waals surface area contributed by atoms with E-state index < -0.39 is 5.82 Å². The van der Waals surface area contributed by atoms with Gasteiger partial charge in [0, 0.05) is 24.9 Å². The van der Waals surface area contributed by atoms with E-state index in [9.17, 15) is 14.0 Å². The zero-order valence-corrected chi connectivity index (χ0v) is 17.0. The minimum Gasteiger partial charge on any atom is -0.497 e. The maximum Gasteiger partial charge on any atom is 0.308 e. The Morgan fingerprint density at radius 2 is 1.79 bits per heavy atom. The van der Waals surface area contributed by atoms with Crippen molar-refractivity contribution in [2.24, 2.45) is 7.05 Å². The Morgan fingerprint density at radius 3 is 2.45 bits per heavy atom. The number of hydrogen-bond donors (Lipinski definition) is 0. The van der Waals surface area contributed by atoms with E-state index >= 15 is 0 Å². The topological polar surface area (TPSA) is 60.8 Å². The van der Waals surface area contributed by atoms with Gasteiger partial charge in [-0.25, -0.2) is 4.39 Å². The molecular formula is C21H19FN2O4S. The summed E-state index contributed by atoms with van der Waals surface area (Å²) >= 11 is 1.10. The Balaban J connectivity index is 1.91. The summed E-state index contributed by atoms with van der Waals surface area (Å²) in [5.74, 6) is 0.826. The number of carbonyl (C=O) groups excluding carboxylic acids is 1. The van der Waals surface area contributed by atoms with Crippen molar-refractivity contribution in [3.8, 4) is 11.5 Å². The largest absolute Gasteiger partial charge is 0.497 e. The average molecular weight is 414 g/mol. The van der Waals surface area contributed by atoms with E-state index in [1.807, 2.05) is 6.07 Å². The number of carbonyl (C=O) groups is 1. The molecule has 0 unspecified atom stereocenters. The van der Waals surface area contributed by atoms with Gasteiger partial charge in [0.15, 0.2) is 0 Å². The predicted molar refractivity (Wildman–Crippen MR) is 109 cm³/mol. The third kappa shape index (κ3) is 3.19. The molecule has 1 amide bonds. The van der Waals surface area contributed by atoms with Crippen LogP contribution in [0.3, 0.4) is 0 Å². The van der Waals surface area contributed by atoms with Crippen molar-refractivity contribution in [3.63, 3.8) is 0 Å². The summed E-state index contributed by atoms with van der Waals surface area (Å²) in [4.78, 5) is 27.8. The smallest absolute Gasteiger partial charge is 0.308 e. The number of hydrogen-bond acceptors (Lipinski definition) is 5. The Morgan fingerprint density at radius 1 is 1.07 bits per heavy atom. The fourth-order valence-corrected chi connectivity index (χ4v) is 4.73. The van der Waals surface area contributed by atoms with E-state index in [0.29, 0.717) is 23.0 Å². The lowest BCUT2D eigenvalue weighted by atomic mass is 9.89. The number of benzene rings is 2. The average Bonchev–Trinajstić information content (AvgIpc) is 3.02. The highest BCUT2D eigenvalue weighted by Gasteiger charge is 2.38. The van der Waals surface area contributed by atoms with E-state index in [2.05, 4.69) is 0 Å². The minimum absolute atomic E-state index is 0.147. The van der Waals surface area contributed by atoms with Crippen LogP contribution in [-0.2, 0) is 11.8 Å². The van der Waals surface area contributed by atoms with Crippen molar-refractivity contribution >= 4 is 28.7 Å². The first-order chi connectivity index (χ1) is 13.9. The minimum atomic E-state index is -0.392. The highest BCUT2D eigenvalue weighted by Crippen LogP contribution is 2.47. The van der Waals surface area contributed by atoms with Crippen molar-refractivity contribution in [2.45, 2.75) is 12.3 Å². The summed E-state index contributed by atoms with van der Waals surface area (Å²) in [5.41, 5.74) is 1.30. The Kier molecular flexibility index (Phi) is 4.87. The molecule has 0 radical (unpaired) electrons. The highest BCUT2D eigenvalue weighted by atomic mass is 32.1. The zero-order valence-electron chi connectivity index (χ0n) is 16.1. The maximum absolute atomic E-state index is 13.4. The normalized spacial score (nSPS) is 15.9. The number of nitrogens with zero attached hydrogens (tertiary/aromatic N) is 2. The molecule has 1 aliphatic heterocycles. The molecule has 150 valence electrons. The molecule has 8 heteroatoms. The second kappa shape index (κ2) is 7.36. The third-order valence-corrected chi connectivity index (χ3v) is 6.20.